The van der Waals surface area contributed by atoms with E-state index >= 15 is 0 Å². The maximum atomic E-state index is 5.81. The van der Waals surface area contributed by atoms with Gasteiger partial charge in [-0.05, 0) is 30.7 Å². The molecular weight excluding hydrogens is 245 g/mol. The number of benzene rings is 1. The number of rotatable bonds is 2. The van der Waals surface area contributed by atoms with Gasteiger partial charge in [-0.15, -0.1) is 24.8 Å². The van der Waals surface area contributed by atoms with Crippen LogP contribution >= 0.6 is 24.8 Å². The van der Waals surface area contributed by atoms with Crippen molar-refractivity contribution >= 4 is 24.8 Å². The van der Waals surface area contributed by atoms with Gasteiger partial charge >= 0.3 is 0 Å². The predicted molar refractivity (Wildman–Crippen MR) is 70.7 cm³/mol. The summed E-state index contributed by atoms with van der Waals surface area (Å²) in [6, 6.07) is 10.0. The highest BCUT2D eigenvalue weighted by molar-refractivity contribution is 5.85. The molecule has 16 heavy (non-hydrogen) atoms. The lowest BCUT2D eigenvalue weighted by molar-refractivity contribution is 0.809. The maximum absolute atomic E-state index is 5.81. The Kier molecular flexibility index (Phi) is 6.11. The SMILES string of the molecule is CC(N)c1cccc(-n2cccn2)c1.Cl.Cl. The molecule has 5 heteroatoms. The first kappa shape index (κ1) is 15.0. The van der Waals surface area contributed by atoms with E-state index in [4.69, 9.17) is 5.73 Å². The summed E-state index contributed by atoms with van der Waals surface area (Å²) in [7, 11) is 0. The largest absolute Gasteiger partial charge is 0.324 e. The molecule has 0 aliphatic heterocycles. The summed E-state index contributed by atoms with van der Waals surface area (Å²) in [6.45, 7) is 1.97. The van der Waals surface area contributed by atoms with E-state index in [1.165, 1.54) is 0 Å². The quantitative estimate of drug-likeness (QED) is 0.902. The molecule has 2 aromatic rings. The zero-order chi connectivity index (χ0) is 9.97. The average molecular weight is 260 g/mol. The summed E-state index contributed by atoms with van der Waals surface area (Å²) < 4.78 is 1.83. The summed E-state index contributed by atoms with van der Waals surface area (Å²) in [6.07, 6.45) is 3.68. The van der Waals surface area contributed by atoms with E-state index in [0.717, 1.165) is 11.3 Å². The topological polar surface area (TPSA) is 43.8 Å². The predicted octanol–water partition coefficient (Wildman–Crippen LogP) is 2.74. The van der Waals surface area contributed by atoms with Gasteiger partial charge in [0.05, 0.1) is 5.69 Å². The van der Waals surface area contributed by atoms with Crippen molar-refractivity contribution in [1.82, 2.24) is 9.78 Å². The molecule has 0 aliphatic carbocycles. The van der Waals surface area contributed by atoms with E-state index in [2.05, 4.69) is 11.2 Å². The third-order valence-electron chi connectivity index (χ3n) is 2.16. The maximum Gasteiger partial charge on any atom is 0.0648 e. The zero-order valence-electron chi connectivity index (χ0n) is 8.91. The van der Waals surface area contributed by atoms with Crippen LogP contribution in [0, 0.1) is 0 Å². The van der Waals surface area contributed by atoms with Gasteiger partial charge in [0, 0.05) is 18.4 Å². The Balaban J connectivity index is 0.00000112. The fourth-order valence-electron chi connectivity index (χ4n) is 1.37. The molecule has 2 rings (SSSR count). The van der Waals surface area contributed by atoms with Crippen molar-refractivity contribution in [3.63, 3.8) is 0 Å². The Morgan fingerprint density at radius 1 is 1.25 bits per heavy atom. The number of hydrogen-bond donors (Lipinski definition) is 1. The normalized spacial score (nSPS) is 11.1. The van der Waals surface area contributed by atoms with Gasteiger partial charge in [0.15, 0.2) is 0 Å². The fraction of sp³-hybridized carbons (Fsp3) is 0.182. The molecule has 1 heterocycles. The highest BCUT2D eigenvalue weighted by Gasteiger charge is 2.01. The van der Waals surface area contributed by atoms with E-state index in [1.54, 1.807) is 6.20 Å². The van der Waals surface area contributed by atoms with Gasteiger partial charge in [0.2, 0.25) is 0 Å². The van der Waals surface area contributed by atoms with Crippen LogP contribution < -0.4 is 5.73 Å². The lowest BCUT2D eigenvalue weighted by Gasteiger charge is -2.07. The van der Waals surface area contributed by atoms with Crippen LogP contribution in [0.15, 0.2) is 42.7 Å². The van der Waals surface area contributed by atoms with Crippen molar-refractivity contribution in [2.24, 2.45) is 5.73 Å². The first-order valence-corrected chi connectivity index (χ1v) is 4.63. The lowest BCUT2D eigenvalue weighted by atomic mass is 10.1. The van der Waals surface area contributed by atoms with E-state index < -0.39 is 0 Å². The third-order valence-corrected chi connectivity index (χ3v) is 2.16. The summed E-state index contributed by atoms with van der Waals surface area (Å²) >= 11 is 0. The van der Waals surface area contributed by atoms with Gasteiger partial charge in [0.25, 0.3) is 0 Å². The summed E-state index contributed by atoms with van der Waals surface area (Å²) in [5.41, 5.74) is 7.98. The molecule has 0 aliphatic rings. The Hall–Kier alpha value is -1.03. The van der Waals surface area contributed by atoms with Gasteiger partial charge in [0.1, 0.15) is 0 Å². The van der Waals surface area contributed by atoms with Crippen molar-refractivity contribution in [1.29, 1.82) is 0 Å². The van der Waals surface area contributed by atoms with Crippen molar-refractivity contribution in [3.05, 3.63) is 48.3 Å². The average Bonchev–Trinajstić information content (AvgIpc) is 2.71. The minimum absolute atomic E-state index is 0. The van der Waals surface area contributed by atoms with E-state index in [9.17, 15) is 0 Å². The first-order chi connectivity index (χ1) is 6.77. The molecule has 0 saturated heterocycles. The Morgan fingerprint density at radius 3 is 2.56 bits per heavy atom. The minimum atomic E-state index is 0. The third kappa shape index (κ3) is 3.23. The second-order valence-corrected chi connectivity index (χ2v) is 3.33. The number of nitrogens with two attached hydrogens (primary N) is 1. The molecular formula is C11H15Cl2N3. The van der Waals surface area contributed by atoms with Crippen LogP contribution in [0.3, 0.4) is 0 Å². The van der Waals surface area contributed by atoms with Crippen LogP contribution in [-0.2, 0) is 0 Å². The van der Waals surface area contributed by atoms with Crippen LogP contribution in [-0.4, -0.2) is 9.78 Å². The Bertz CT molecular complexity index is 413. The van der Waals surface area contributed by atoms with Crippen molar-refractivity contribution in [2.75, 3.05) is 0 Å². The molecule has 0 amide bonds. The van der Waals surface area contributed by atoms with Crippen LogP contribution in [0.5, 0.6) is 0 Å². The van der Waals surface area contributed by atoms with Crippen molar-refractivity contribution in [2.45, 2.75) is 13.0 Å². The Morgan fingerprint density at radius 2 is 2.00 bits per heavy atom. The molecule has 1 atom stereocenters. The second kappa shape index (κ2) is 6.53. The standard InChI is InChI=1S/C11H13N3.2ClH/c1-9(12)10-4-2-5-11(8-10)14-7-3-6-13-14;;/h2-9H,12H2,1H3;2*1H. The van der Waals surface area contributed by atoms with Crippen LogP contribution in [0.2, 0.25) is 0 Å². The molecule has 0 bridgehead atoms. The van der Waals surface area contributed by atoms with Crippen LogP contribution in [0.1, 0.15) is 18.5 Å². The zero-order valence-corrected chi connectivity index (χ0v) is 10.5. The molecule has 2 N–H and O–H groups in total. The molecule has 1 aromatic carbocycles. The molecule has 0 spiro atoms. The number of nitrogens with zero attached hydrogens (tertiary/aromatic N) is 2. The Labute approximate surface area is 107 Å². The second-order valence-electron chi connectivity index (χ2n) is 3.33. The highest BCUT2D eigenvalue weighted by Crippen LogP contribution is 2.14. The van der Waals surface area contributed by atoms with Gasteiger partial charge in [-0.3, -0.25) is 0 Å². The van der Waals surface area contributed by atoms with Crippen molar-refractivity contribution < 1.29 is 0 Å². The molecule has 0 radical (unpaired) electrons. The van der Waals surface area contributed by atoms with Crippen LogP contribution in [0.4, 0.5) is 0 Å². The van der Waals surface area contributed by atoms with E-state index in [0.29, 0.717) is 0 Å². The lowest BCUT2D eigenvalue weighted by Crippen LogP contribution is -2.05. The van der Waals surface area contributed by atoms with E-state index in [1.807, 2.05) is 42.1 Å². The highest BCUT2D eigenvalue weighted by atomic mass is 35.5. The van der Waals surface area contributed by atoms with Crippen LogP contribution in [0.25, 0.3) is 5.69 Å². The monoisotopic (exact) mass is 259 g/mol. The van der Waals surface area contributed by atoms with Gasteiger partial charge < -0.3 is 5.73 Å². The van der Waals surface area contributed by atoms with E-state index in [-0.39, 0.29) is 30.9 Å². The summed E-state index contributed by atoms with van der Waals surface area (Å²) in [4.78, 5) is 0. The summed E-state index contributed by atoms with van der Waals surface area (Å²) in [5.74, 6) is 0. The molecule has 3 nitrogen and oxygen atoms in total. The molecule has 1 aromatic heterocycles. The number of halogens is 2. The number of aromatic nitrogens is 2. The molecule has 88 valence electrons. The first-order valence-electron chi connectivity index (χ1n) is 4.63. The van der Waals surface area contributed by atoms with Crippen molar-refractivity contribution in [3.8, 4) is 5.69 Å². The molecule has 0 fully saturated rings. The van der Waals surface area contributed by atoms with Gasteiger partial charge in [-0.2, -0.15) is 5.10 Å². The number of hydrogen-bond acceptors (Lipinski definition) is 2. The van der Waals surface area contributed by atoms with Gasteiger partial charge in [-0.1, -0.05) is 12.1 Å². The fourth-order valence-corrected chi connectivity index (χ4v) is 1.37. The molecule has 1 unspecified atom stereocenters. The summed E-state index contributed by atoms with van der Waals surface area (Å²) in [5, 5.41) is 4.16. The minimum Gasteiger partial charge on any atom is -0.324 e. The molecule has 0 saturated carbocycles. The van der Waals surface area contributed by atoms with Gasteiger partial charge in [-0.25, -0.2) is 4.68 Å². The smallest absolute Gasteiger partial charge is 0.0648 e.